The summed E-state index contributed by atoms with van der Waals surface area (Å²) in [6, 6.07) is 18.8. The van der Waals surface area contributed by atoms with Crippen molar-refractivity contribution in [1.29, 1.82) is 0 Å². The molecule has 1 fully saturated rings. The standard InChI is InChI=1S/C26H26N4O4S/c1-28(26(32)24-8-5-15-35-24)23(16-18-6-3-2-4-7-18)19-11-13-29(14-12-19)25(31)20-9-10-22-21(17-20)27-34-30(22)33/h2-10,15,17,19,23H,11-14,16H2,1H3/t23-/m0/s1. The fourth-order valence-electron chi connectivity index (χ4n) is 4.88. The summed E-state index contributed by atoms with van der Waals surface area (Å²) >= 11 is 1.46. The van der Waals surface area contributed by atoms with Crippen molar-refractivity contribution in [3.05, 3.63) is 87.3 Å². The fourth-order valence-corrected chi connectivity index (χ4v) is 5.58. The normalized spacial score (nSPS) is 15.3. The molecule has 2 aromatic carbocycles. The van der Waals surface area contributed by atoms with Crippen molar-refractivity contribution in [1.82, 2.24) is 15.0 Å². The number of likely N-dealkylation sites (N-methyl/N-ethyl adjacent to an activating group) is 1. The van der Waals surface area contributed by atoms with Crippen molar-refractivity contribution in [2.45, 2.75) is 25.3 Å². The molecule has 3 heterocycles. The molecule has 0 radical (unpaired) electrons. The zero-order valence-corrected chi connectivity index (χ0v) is 20.2. The van der Waals surface area contributed by atoms with Crippen molar-refractivity contribution in [2.24, 2.45) is 5.92 Å². The zero-order chi connectivity index (χ0) is 24.4. The molecule has 0 bridgehead atoms. The number of carbonyl (C=O) groups is 2. The van der Waals surface area contributed by atoms with Crippen LogP contribution in [-0.4, -0.2) is 52.9 Å². The van der Waals surface area contributed by atoms with Gasteiger partial charge in [0.25, 0.3) is 11.8 Å². The van der Waals surface area contributed by atoms with Crippen LogP contribution in [0.15, 0.2) is 70.7 Å². The predicted molar refractivity (Wildman–Crippen MR) is 132 cm³/mol. The van der Waals surface area contributed by atoms with Gasteiger partial charge < -0.3 is 15.0 Å². The lowest BCUT2D eigenvalue weighted by Gasteiger charge is -2.40. The Bertz CT molecular complexity index is 1310. The second-order valence-corrected chi connectivity index (χ2v) is 9.86. The number of thiophene rings is 1. The van der Waals surface area contributed by atoms with Crippen LogP contribution < -0.4 is 4.90 Å². The molecule has 0 spiro atoms. The maximum absolute atomic E-state index is 13.2. The van der Waals surface area contributed by atoms with E-state index in [2.05, 4.69) is 21.9 Å². The third kappa shape index (κ3) is 4.77. The Morgan fingerprint density at radius 2 is 1.94 bits per heavy atom. The van der Waals surface area contributed by atoms with Crippen molar-refractivity contribution in [3.63, 3.8) is 0 Å². The van der Waals surface area contributed by atoms with Gasteiger partial charge in [-0.2, -0.15) is 0 Å². The molecule has 1 saturated heterocycles. The van der Waals surface area contributed by atoms with Gasteiger partial charge in [-0.05, 0) is 59.2 Å². The van der Waals surface area contributed by atoms with Crippen molar-refractivity contribution < 1.29 is 19.1 Å². The second kappa shape index (κ2) is 9.87. The summed E-state index contributed by atoms with van der Waals surface area (Å²) < 4.78 is 4.61. The van der Waals surface area contributed by atoms with E-state index in [1.54, 1.807) is 18.2 Å². The Kier molecular flexibility index (Phi) is 6.50. The van der Waals surface area contributed by atoms with E-state index in [-0.39, 0.29) is 23.8 Å². The lowest BCUT2D eigenvalue weighted by Crippen LogP contribution is -2.48. The maximum Gasteiger partial charge on any atom is 0.263 e. The number of hydrogen-bond donors (Lipinski definition) is 0. The predicted octanol–water partition coefficient (Wildman–Crippen LogP) is 3.76. The molecule has 0 saturated carbocycles. The van der Waals surface area contributed by atoms with Gasteiger partial charge in [0, 0.05) is 43.0 Å². The summed E-state index contributed by atoms with van der Waals surface area (Å²) in [5, 5.41) is 17.2. The van der Waals surface area contributed by atoms with E-state index >= 15 is 0 Å². The van der Waals surface area contributed by atoms with E-state index < -0.39 is 0 Å². The largest absolute Gasteiger partial charge is 0.359 e. The number of fused-ring (bicyclic) bond motifs is 1. The lowest BCUT2D eigenvalue weighted by molar-refractivity contribution is -0.782. The molecular weight excluding hydrogens is 464 g/mol. The number of piperidine rings is 1. The Morgan fingerprint density at radius 1 is 1.17 bits per heavy atom. The first-order valence-corrected chi connectivity index (χ1v) is 12.5. The molecule has 2 aromatic heterocycles. The van der Waals surface area contributed by atoms with Crippen LogP contribution in [0.4, 0.5) is 0 Å². The highest BCUT2D eigenvalue weighted by atomic mass is 32.1. The summed E-state index contributed by atoms with van der Waals surface area (Å²) in [4.78, 5) is 31.1. The highest BCUT2D eigenvalue weighted by Crippen LogP contribution is 2.29. The minimum Gasteiger partial charge on any atom is -0.359 e. The molecule has 5 rings (SSSR count). The van der Waals surface area contributed by atoms with Gasteiger partial charge >= 0.3 is 0 Å². The van der Waals surface area contributed by atoms with E-state index in [4.69, 9.17) is 0 Å². The molecule has 1 atom stereocenters. The fraction of sp³-hybridized carbons (Fsp3) is 0.308. The average Bonchev–Trinajstić information content (AvgIpc) is 3.57. The summed E-state index contributed by atoms with van der Waals surface area (Å²) in [6.07, 6.45) is 2.38. The molecule has 8 nitrogen and oxygen atoms in total. The average molecular weight is 491 g/mol. The zero-order valence-electron chi connectivity index (χ0n) is 19.4. The molecule has 35 heavy (non-hydrogen) atoms. The summed E-state index contributed by atoms with van der Waals surface area (Å²) in [5.74, 6) is 0.218. The molecule has 180 valence electrons. The number of nitrogens with zero attached hydrogens (tertiary/aromatic N) is 4. The topological polar surface area (TPSA) is 93.6 Å². The van der Waals surface area contributed by atoms with Gasteiger partial charge in [-0.15, -0.1) is 11.3 Å². The maximum atomic E-state index is 13.2. The van der Waals surface area contributed by atoms with E-state index in [9.17, 15) is 14.8 Å². The third-order valence-electron chi connectivity index (χ3n) is 6.84. The first kappa shape index (κ1) is 23.0. The van der Waals surface area contributed by atoms with Gasteiger partial charge in [-0.3, -0.25) is 14.2 Å². The van der Waals surface area contributed by atoms with Crippen LogP contribution in [-0.2, 0) is 6.42 Å². The Hall–Kier alpha value is -3.72. The monoisotopic (exact) mass is 490 g/mol. The van der Waals surface area contributed by atoms with Crippen LogP contribution in [0, 0.1) is 11.1 Å². The minimum atomic E-state index is -0.0894. The van der Waals surface area contributed by atoms with Gasteiger partial charge in [0.05, 0.1) is 4.88 Å². The van der Waals surface area contributed by atoms with Gasteiger partial charge in [-0.1, -0.05) is 36.4 Å². The van der Waals surface area contributed by atoms with Crippen molar-refractivity contribution >= 4 is 34.2 Å². The number of benzene rings is 2. The number of aromatic nitrogens is 2. The second-order valence-electron chi connectivity index (χ2n) is 8.91. The lowest BCUT2D eigenvalue weighted by atomic mass is 9.84. The molecule has 1 aliphatic rings. The summed E-state index contributed by atoms with van der Waals surface area (Å²) in [5.41, 5.74) is 2.33. The molecule has 0 N–H and O–H groups in total. The van der Waals surface area contributed by atoms with Gasteiger partial charge in [0.15, 0.2) is 0 Å². The highest BCUT2D eigenvalue weighted by molar-refractivity contribution is 7.12. The van der Waals surface area contributed by atoms with Crippen LogP contribution in [0.25, 0.3) is 11.0 Å². The highest BCUT2D eigenvalue weighted by Gasteiger charge is 2.33. The van der Waals surface area contributed by atoms with E-state index in [1.165, 1.54) is 16.9 Å². The number of amides is 2. The SMILES string of the molecule is CN(C(=O)c1cccs1)[C@@H](Cc1ccccc1)C1CCN(C(=O)c2ccc3c(c2)no[n+]3[O-])CC1. The van der Waals surface area contributed by atoms with E-state index in [0.717, 1.165) is 24.1 Å². The molecule has 2 amide bonds. The third-order valence-corrected chi connectivity index (χ3v) is 7.70. The van der Waals surface area contributed by atoms with E-state index in [1.807, 2.05) is 52.6 Å². The van der Waals surface area contributed by atoms with Crippen LogP contribution in [0.5, 0.6) is 0 Å². The first-order chi connectivity index (χ1) is 17.0. The minimum absolute atomic E-state index is 0.0308. The van der Waals surface area contributed by atoms with Crippen LogP contribution in [0.3, 0.4) is 0 Å². The van der Waals surface area contributed by atoms with Crippen molar-refractivity contribution in [2.75, 3.05) is 20.1 Å². The number of rotatable bonds is 6. The van der Waals surface area contributed by atoms with Gasteiger partial charge in [0.2, 0.25) is 11.0 Å². The Morgan fingerprint density at radius 3 is 2.66 bits per heavy atom. The van der Waals surface area contributed by atoms with Crippen LogP contribution in [0.2, 0.25) is 0 Å². The summed E-state index contributed by atoms with van der Waals surface area (Å²) in [6.45, 7) is 1.21. The van der Waals surface area contributed by atoms with Crippen LogP contribution >= 0.6 is 11.3 Å². The molecule has 1 aliphatic heterocycles. The van der Waals surface area contributed by atoms with Gasteiger partial charge in [-0.25, -0.2) is 0 Å². The Balaban J connectivity index is 1.30. The van der Waals surface area contributed by atoms with Crippen LogP contribution in [0.1, 0.15) is 38.4 Å². The van der Waals surface area contributed by atoms with E-state index in [0.29, 0.717) is 34.6 Å². The molecular formula is C26H26N4O4S. The molecule has 0 unspecified atom stereocenters. The molecule has 0 aliphatic carbocycles. The summed E-state index contributed by atoms with van der Waals surface area (Å²) in [7, 11) is 1.89. The smallest absolute Gasteiger partial charge is 0.263 e. The number of carbonyl (C=O) groups excluding carboxylic acids is 2. The van der Waals surface area contributed by atoms with Crippen molar-refractivity contribution in [3.8, 4) is 0 Å². The molecule has 4 aromatic rings. The first-order valence-electron chi connectivity index (χ1n) is 11.6. The number of hydrogen-bond acceptors (Lipinski definition) is 6. The quantitative estimate of drug-likeness (QED) is 0.384. The number of likely N-dealkylation sites (tertiary alicyclic amines) is 1. The van der Waals surface area contributed by atoms with Gasteiger partial charge in [0.1, 0.15) is 0 Å². The Labute approximate surface area is 206 Å². The molecule has 9 heteroatoms.